The highest BCUT2D eigenvalue weighted by Gasteiger charge is 2.34. The van der Waals surface area contributed by atoms with Crippen LogP contribution >= 0.6 is 0 Å². The maximum absolute atomic E-state index is 12.8. The van der Waals surface area contributed by atoms with E-state index in [4.69, 9.17) is 4.74 Å². The van der Waals surface area contributed by atoms with Crippen molar-refractivity contribution in [2.75, 3.05) is 11.9 Å². The molecule has 0 radical (unpaired) electrons. The van der Waals surface area contributed by atoms with Crippen LogP contribution in [0.2, 0.25) is 0 Å². The first-order valence-electron chi connectivity index (χ1n) is 7.13. The molecule has 0 spiro atoms. The highest BCUT2D eigenvalue weighted by atomic mass is 16.5. The average molecular weight is 323 g/mol. The van der Waals surface area contributed by atoms with Crippen LogP contribution in [-0.2, 0) is 4.74 Å². The van der Waals surface area contributed by atoms with Gasteiger partial charge in [0.2, 0.25) is 0 Å². The molecule has 0 atom stereocenters. The van der Waals surface area contributed by atoms with Crippen molar-refractivity contribution in [2.45, 2.75) is 0 Å². The molecule has 6 heteroatoms. The first kappa shape index (κ1) is 15.5. The molecule has 24 heavy (non-hydrogen) atoms. The molecule has 0 saturated heterocycles. The van der Waals surface area contributed by atoms with Crippen molar-refractivity contribution in [3.05, 3.63) is 71.3 Å². The molecule has 6 nitrogen and oxygen atoms in total. The number of fused-ring (bicyclic) bond motifs is 2. The van der Waals surface area contributed by atoms with Crippen LogP contribution in [0.1, 0.15) is 31.8 Å². The molecule has 2 aromatic rings. The van der Waals surface area contributed by atoms with Crippen molar-refractivity contribution in [3.8, 4) is 5.75 Å². The van der Waals surface area contributed by atoms with Crippen molar-refractivity contribution < 1.29 is 24.2 Å². The first-order valence-corrected chi connectivity index (χ1v) is 7.13. The molecular weight excluding hydrogens is 310 g/mol. The number of hydrogen-bond acceptors (Lipinski definition) is 5. The molecule has 0 aromatic heterocycles. The third kappa shape index (κ3) is 2.44. The summed E-state index contributed by atoms with van der Waals surface area (Å²) in [5, 5.41) is 12.5. The number of phenolic OH excluding ortho intramolecular Hbond substituents is 1. The van der Waals surface area contributed by atoms with Gasteiger partial charge in [0.05, 0.1) is 16.8 Å². The SMILES string of the molecule is C=CCOC(=O)Nc1ccc(O)c2c1C(=O)c1ccccc1C2=O. The Hall–Kier alpha value is -3.41. The number of ether oxygens (including phenoxy) is 1. The Morgan fingerprint density at radius 2 is 1.71 bits per heavy atom. The molecule has 120 valence electrons. The van der Waals surface area contributed by atoms with Gasteiger partial charge in [-0.15, -0.1) is 0 Å². The molecule has 0 saturated carbocycles. The fraction of sp³-hybridized carbons (Fsp3) is 0.0556. The van der Waals surface area contributed by atoms with Gasteiger partial charge >= 0.3 is 6.09 Å². The van der Waals surface area contributed by atoms with Gasteiger partial charge < -0.3 is 9.84 Å². The van der Waals surface area contributed by atoms with E-state index in [9.17, 15) is 19.5 Å². The second-order valence-corrected chi connectivity index (χ2v) is 5.10. The van der Waals surface area contributed by atoms with E-state index in [1.54, 1.807) is 12.1 Å². The lowest BCUT2D eigenvalue weighted by Gasteiger charge is -2.21. The number of benzene rings is 2. The smallest absolute Gasteiger partial charge is 0.411 e. The Balaban J connectivity index is 2.10. The molecule has 0 heterocycles. The summed E-state index contributed by atoms with van der Waals surface area (Å²) in [5.41, 5.74) is 0.374. The lowest BCUT2D eigenvalue weighted by atomic mass is 9.82. The molecule has 0 fully saturated rings. The molecule has 0 unspecified atom stereocenters. The van der Waals surface area contributed by atoms with Crippen LogP contribution in [0, 0.1) is 0 Å². The minimum Gasteiger partial charge on any atom is -0.507 e. The van der Waals surface area contributed by atoms with Gasteiger partial charge in [-0.05, 0) is 12.1 Å². The van der Waals surface area contributed by atoms with Gasteiger partial charge in [-0.2, -0.15) is 0 Å². The van der Waals surface area contributed by atoms with Gasteiger partial charge in [-0.3, -0.25) is 14.9 Å². The number of nitrogens with one attached hydrogen (secondary N) is 1. The number of aromatic hydroxyl groups is 1. The highest BCUT2D eigenvalue weighted by molar-refractivity contribution is 6.31. The summed E-state index contributed by atoms with van der Waals surface area (Å²) in [5.74, 6) is -1.24. The minimum atomic E-state index is -0.790. The maximum atomic E-state index is 12.8. The fourth-order valence-electron chi connectivity index (χ4n) is 2.59. The molecule has 0 aliphatic heterocycles. The van der Waals surface area contributed by atoms with Crippen LogP contribution in [0.4, 0.5) is 10.5 Å². The zero-order valence-corrected chi connectivity index (χ0v) is 12.5. The van der Waals surface area contributed by atoms with Crippen LogP contribution in [0.3, 0.4) is 0 Å². The largest absolute Gasteiger partial charge is 0.507 e. The lowest BCUT2D eigenvalue weighted by molar-refractivity contribution is 0.0977. The molecule has 1 aliphatic rings. The lowest BCUT2D eigenvalue weighted by Crippen LogP contribution is -2.24. The quantitative estimate of drug-likeness (QED) is 0.571. The van der Waals surface area contributed by atoms with Gasteiger partial charge in [-0.1, -0.05) is 36.9 Å². The topological polar surface area (TPSA) is 92.7 Å². The number of anilines is 1. The van der Waals surface area contributed by atoms with Crippen molar-refractivity contribution >= 4 is 23.3 Å². The Morgan fingerprint density at radius 3 is 2.33 bits per heavy atom. The minimum absolute atomic E-state index is 0.00180. The third-order valence-corrected chi connectivity index (χ3v) is 3.62. The Bertz CT molecular complexity index is 885. The first-order chi connectivity index (χ1) is 11.5. The van der Waals surface area contributed by atoms with E-state index in [1.165, 1.54) is 30.3 Å². The Kier molecular flexibility index (Phi) is 3.87. The molecule has 2 N–H and O–H groups in total. The second kappa shape index (κ2) is 6.00. The summed E-state index contributed by atoms with van der Waals surface area (Å²) in [4.78, 5) is 37.1. The Morgan fingerprint density at radius 1 is 1.08 bits per heavy atom. The van der Waals surface area contributed by atoms with E-state index < -0.39 is 17.7 Å². The van der Waals surface area contributed by atoms with E-state index >= 15 is 0 Å². The van der Waals surface area contributed by atoms with Crippen molar-refractivity contribution in [2.24, 2.45) is 0 Å². The summed E-state index contributed by atoms with van der Waals surface area (Å²) in [7, 11) is 0. The molecule has 2 aromatic carbocycles. The average Bonchev–Trinajstić information content (AvgIpc) is 2.59. The predicted molar refractivity (Wildman–Crippen MR) is 86.6 cm³/mol. The zero-order valence-electron chi connectivity index (χ0n) is 12.5. The summed E-state index contributed by atoms with van der Waals surface area (Å²) >= 11 is 0. The van der Waals surface area contributed by atoms with Gasteiger partial charge in [0, 0.05) is 11.1 Å². The van der Waals surface area contributed by atoms with Crippen LogP contribution in [-0.4, -0.2) is 29.4 Å². The van der Waals surface area contributed by atoms with Gasteiger partial charge in [-0.25, -0.2) is 4.79 Å². The zero-order chi connectivity index (χ0) is 17.3. The number of ketones is 2. The molecular formula is C18H13NO5. The summed E-state index contributed by atoms with van der Waals surface area (Å²) in [6, 6.07) is 8.94. The van der Waals surface area contributed by atoms with Crippen molar-refractivity contribution in [3.63, 3.8) is 0 Å². The summed E-state index contributed by atoms with van der Waals surface area (Å²) < 4.78 is 4.82. The number of amides is 1. The predicted octanol–water partition coefficient (Wildman–Crippen LogP) is 2.90. The van der Waals surface area contributed by atoms with E-state index in [0.29, 0.717) is 0 Å². The van der Waals surface area contributed by atoms with Crippen LogP contribution in [0.25, 0.3) is 0 Å². The molecule has 3 rings (SSSR count). The monoisotopic (exact) mass is 323 g/mol. The second-order valence-electron chi connectivity index (χ2n) is 5.10. The number of hydrogen-bond donors (Lipinski definition) is 2. The van der Waals surface area contributed by atoms with Gasteiger partial charge in [0.25, 0.3) is 0 Å². The number of carbonyl (C=O) groups excluding carboxylic acids is 3. The number of carbonyl (C=O) groups is 3. The fourth-order valence-corrected chi connectivity index (χ4v) is 2.59. The van der Waals surface area contributed by atoms with Crippen LogP contribution in [0.15, 0.2) is 49.1 Å². The van der Waals surface area contributed by atoms with Crippen molar-refractivity contribution in [1.82, 2.24) is 0 Å². The van der Waals surface area contributed by atoms with Gasteiger partial charge in [0.15, 0.2) is 11.6 Å². The third-order valence-electron chi connectivity index (χ3n) is 3.62. The van der Waals surface area contributed by atoms with Gasteiger partial charge in [0.1, 0.15) is 12.4 Å². The van der Waals surface area contributed by atoms with E-state index in [-0.39, 0.29) is 40.3 Å². The molecule has 0 bridgehead atoms. The maximum Gasteiger partial charge on any atom is 0.411 e. The van der Waals surface area contributed by atoms with Crippen LogP contribution in [0.5, 0.6) is 5.75 Å². The number of rotatable bonds is 3. The highest BCUT2D eigenvalue weighted by Crippen LogP contribution is 2.36. The molecule has 1 aliphatic carbocycles. The normalized spacial score (nSPS) is 12.2. The Labute approximate surface area is 137 Å². The standard InChI is InChI=1S/C18H13NO5/c1-2-9-24-18(23)19-12-7-8-13(20)15-14(12)16(21)10-5-3-4-6-11(10)17(15)22/h2-8,20H,1,9H2,(H,19,23). The van der Waals surface area contributed by atoms with E-state index in [1.807, 2.05) is 0 Å². The van der Waals surface area contributed by atoms with Crippen LogP contribution < -0.4 is 5.32 Å². The van der Waals surface area contributed by atoms with Crippen molar-refractivity contribution in [1.29, 1.82) is 0 Å². The number of phenols is 1. The van der Waals surface area contributed by atoms with E-state index in [2.05, 4.69) is 11.9 Å². The molecule has 1 amide bonds. The van der Waals surface area contributed by atoms with E-state index in [0.717, 1.165) is 0 Å². The summed E-state index contributed by atoms with van der Waals surface area (Å²) in [6.45, 7) is 3.43. The summed E-state index contributed by atoms with van der Waals surface area (Å²) in [6.07, 6.45) is 0.610.